The molecule has 0 saturated heterocycles. The maximum Gasteiger partial charge on any atom is 0.112 e. The zero-order valence-corrected chi connectivity index (χ0v) is 8.54. The lowest BCUT2D eigenvalue weighted by atomic mass is 10.0. The van der Waals surface area contributed by atoms with Crippen LogP contribution in [0.5, 0.6) is 0 Å². The average molecular weight is 203 g/mol. The molecule has 0 radical (unpaired) electrons. The summed E-state index contributed by atoms with van der Waals surface area (Å²) in [5.41, 5.74) is 2.27. The molecule has 1 aromatic carbocycles. The molecule has 0 aromatic heterocycles. The minimum atomic E-state index is -0.771. The number of halogens is 1. The molecule has 0 fully saturated rings. The van der Waals surface area contributed by atoms with E-state index in [4.69, 9.17) is 6.42 Å². The number of alkyl halides is 1. The Balaban J connectivity index is 2.09. The van der Waals surface area contributed by atoms with E-state index in [1.807, 2.05) is 24.3 Å². The molecular weight excluding hydrogens is 189 g/mol. The monoisotopic (exact) mass is 203 g/mol. The molecule has 15 heavy (non-hydrogen) atoms. The molecule has 1 nitrogen and oxygen atoms in total. The van der Waals surface area contributed by atoms with E-state index in [1.165, 1.54) is 0 Å². The number of fused-ring (bicyclic) bond motifs is 1. The van der Waals surface area contributed by atoms with Crippen molar-refractivity contribution in [3.8, 4) is 12.3 Å². The number of hydrogen-bond acceptors (Lipinski definition) is 1. The summed E-state index contributed by atoms with van der Waals surface area (Å²) in [4.78, 5) is 0. The van der Waals surface area contributed by atoms with Gasteiger partial charge >= 0.3 is 0 Å². The molecule has 0 bridgehead atoms. The minimum absolute atomic E-state index is 0.0328. The first-order valence-corrected chi connectivity index (χ1v) is 5.19. The third kappa shape index (κ3) is 2.03. The van der Waals surface area contributed by atoms with Crippen LogP contribution in [-0.2, 0) is 6.42 Å². The summed E-state index contributed by atoms with van der Waals surface area (Å²) in [5, 5.41) is 3.07. The molecule has 2 heteroatoms. The van der Waals surface area contributed by atoms with Gasteiger partial charge in [-0.15, -0.1) is 6.42 Å². The normalized spacial score (nSPS) is 23.5. The summed E-state index contributed by atoms with van der Waals surface area (Å²) in [6, 6.07) is 7.94. The smallest absolute Gasteiger partial charge is 0.112 e. The maximum absolute atomic E-state index is 13.7. The predicted molar refractivity (Wildman–Crippen MR) is 59.5 cm³/mol. The van der Waals surface area contributed by atoms with Crippen molar-refractivity contribution in [2.75, 3.05) is 13.1 Å². The quantitative estimate of drug-likeness (QED) is 0.584. The number of terminal acetylenes is 1. The van der Waals surface area contributed by atoms with Gasteiger partial charge in [0.2, 0.25) is 0 Å². The van der Waals surface area contributed by atoms with Crippen LogP contribution in [0.15, 0.2) is 24.3 Å². The first kappa shape index (κ1) is 10.2. The van der Waals surface area contributed by atoms with Crippen molar-refractivity contribution in [3.63, 3.8) is 0 Å². The molecule has 0 amide bonds. The van der Waals surface area contributed by atoms with Crippen molar-refractivity contribution in [2.45, 2.75) is 18.5 Å². The van der Waals surface area contributed by atoms with Crippen LogP contribution in [0.1, 0.15) is 17.0 Å². The molecule has 0 aliphatic heterocycles. The van der Waals surface area contributed by atoms with E-state index in [-0.39, 0.29) is 5.92 Å². The van der Waals surface area contributed by atoms with E-state index in [0.717, 1.165) is 11.1 Å². The molecule has 0 spiro atoms. The Bertz CT molecular complexity index is 380. The summed E-state index contributed by atoms with van der Waals surface area (Å²) in [6.07, 6.45) is 4.91. The van der Waals surface area contributed by atoms with Gasteiger partial charge in [-0.3, -0.25) is 0 Å². The fourth-order valence-electron chi connectivity index (χ4n) is 2.17. The molecule has 2 rings (SSSR count). The molecule has 78 valence electrons. The highest BCUT2D eigenvalue weighted by Gasteiger charge is 2.31. The van der Waals surface area contributed by atoms with Crippen LogP contribution in [0.4, 0.5) is 4.39 Å². The van der Waals surface area contributed by atoms with E-state index in [0.29, 0.717) is 19.5 Å². The summed E-state index contributed by atoms with van der Waals surface area (Å²) >= 11 is 0. The first-order valence-electron chi connectivity index (χ1n) is 5.19. The highest BCUT2D eigenvalue weighted by atomic mass is 19.1. The Morgan fingerprint density at radius 2 is 2.27 bits per heavy atom. The van der Waals surface area contributed by atoms with Crippen molar-refractivity contribution in [1.82, 2.24) is 5.32 Å². The van der Waals surface area contributed by atoms with Crippen LogP contribution in [0.25, 0.3) is 0 Å². The second-order valence-electron chi connectivity index (χ2n) is 3.86. The second kappa shape index (κ2) is 4.46. The third-order valence-corrected chi connectivity index (χ3v) is 2.90. The van der Waals surface area contributed by atoms with Crippen LogP contribution >= 0.6 is 0 Å². The maximum atomic E-state index is 13.7. The zero-order valence-electron chi connectivity index (χ0n) is 8.54. The lowest BCUT2D eigenvalue weighted by Crippen LogP contribution is -2.25. The third-order valence-electron chi connectivity index (χ3n) is 2.90. The Labute approximate surface area is 89.7 Å². The highest BCUT2D eigenvalue weighted by Crippen LogP contribution is 2.34. The number of benzene rings is 1. The molecule has 1 N–H and O–H groups in total. The van der Waals surface area contributed by atoms with Crippen molar-refractivity contribution in [1.29, 1.82) is 0 Å². The number of hydrogen-bond donors (Lipinski definition) is 1. The van der Waals surface area contributed by atoms with Gasteiger partial charge in [0.15, 0.2) is 0 Å². The van der Waals surface area contributed by atoms with Crippen LogP contribution in [0.2, 0.25) is 0 Å². The largest absolute Gasteiger partial charge is 0.306 e. The van der Waals surface area contributed by atoms with Gasteiger partial charge in [-0.1, -0.05) is 30.2 Å². The molecule has 0 saturated carbocycles. The van der Waals surface area contributed by atoms with Gasteiger partial charge in [0.05, 0.1) is 6.54 Å². The summed E-state index contributed by atoms with van der Waals surface area (Å²) in [6.45, 7) is 1.13. The van der Waals surface area contributed by atoms with Gasteiger partial charge in [-0.05, 0) is 11.1 Å². The van der Waals surface area contributed by atoms with Crippen LogP contribution in [-0.4, -0.2) is 19.3 Å². The Kier molecular flexibility index (Phi) is 3.03. The van der Waals surface area contributed by atoms with Crippen molar-refractivity contribution < 1.29 is 4.39 Å². The summed E-state index contributed by atoms with van der Waals surface area (Å²) < 4.78 is 13.7. The fraction of sp³-hybridized carbons (Fsp3) is 0.385. The van der Waals surface area contributed by atoms with Gasteiger partial charge < -0.3 is 5.32 Å². The standard InChI is InChI=1S/C13H14FN/c1-2-7-15-9-12-11-6-4-3-5-10(11)8-13(12)14/h1,3-6,12-13,15H,7-9H2. The molecule has 0 heterocycles. The lowest BCUT2D eigenvalue weighted by Gasteiger charge is -2.13. The SMILES string of the molecule is C#CCNCC1c2ccccc2CC1F. The molecule has 1 aliphatic carbocycles. The Morgan fingerprint density at radius 1 is 1.47 bits per heavy atom. The molecular formula is C13H14FN. The van der Waals surface area contributed by atoms with Crippen LogP contribution in [0, 0.1) is 12.3 Å². The summed E-state index contributed by atoms with van der Waals surface area (Å²) in [5.74, 6) is 2.46. The predicted octanol–water partition coefficient (Wildman–Crippen LogP) is 1.89. The Hall–Kier alpha value is -1.33. The van der Waals surface area contributed by atoms with E-state index >= 15 is 0 Å². The van der Waals surface area contributed by atoms with Crippen molar-refractivity contribution in [2.24, 2.45) is 0 Å². The summed E-state index contributed by atoms with van der Waals surface area (Å²) in [7, 11) is 0. The Morgan fingerprint density at radius 3 is 3.07 bits per heavy atom. The van der Waals surface area contributed by atoms with Crippen LogP contribution in [0.3, 0.4) is 0 Å². The van der Waals surface area contributed by atoms with Crippen molar-refractivity contribution >= 4 is 0 Å². The van der Waals surface area contributed by atoms with Gasteiger partial charge in [0.1, 0.15) is 6.17 Å². The lowest BCUT2D eigenvalue weighted by molar-refractivity contribution is 0.295. The van der Waals surface area contributed by atoms with Gasteiger partial charge in [0, 0.05) is 18.9 Å². The fourth-order valence-corrected chi connectivity index (χ4v) is 2.17. The van der Waals surface area contributed by atoms with E-state index < -0.39 is 6.17 Å². The number of rotatable bonds is 3. The molecule has 2 atom stereocenters. The molecule has 1 aliphatic rings. The van der Waals surface area contributed by atoms with E-state index in [9.17, 15) is 4.39 Å². The van der Waals surface area contributed by atoms with E-state index in [2.05, 4.69) is 11.2 Å². The van der Waals surface area contributed by atoms with Crippen LogP contribution < -0.4 is 5.32 Å². The van der Waals surface area contributed by atoms with Crippen molar-refractivity contribution in [3.05, 3.63) is 35.4 Å². The van der Waals surface area contributed by atoms with Gasteiger partial charge in [0.25, 0.3) is 0 Å². The zero-order chi connectivity index (χ0) is 10.7. The topological polar surface area (TPSA) is 12.0 Å². The van der Waals surface area contributed by atoms with Gasteiger partial charge in [-0.2, -0.15) is 0 Å². The average Bonchev–Trinajstić information content (AvgIpc) is 2.56. The number of nitrogens with one attached hydrogen (secondary N) is 1. The van der Waals surface area contributed by atoms with E-state index in [1.54, 1.807) is 0 Å². The van der Waals surface area contributed by atoms with Gasteiger partial charge in [-0.25, -0.2) is 4.39 Å². The molecule has 1 aromatic rings. The minimum Gasteiger partial charge on any atom is -0.306 e. The molecule has 2 unspecified atom stereocenters. The second-order valence-corrected chi connectivity index (χ2v) is 3.86. The first-order chi connectivity index (χ1) is 7.33. The highest BCUT2D eigenvalue weighted by molar-refractivity contribution is 5.37.